The molecule has 0 atom stereocenters. The number of aliphatic hydroxyl groups excluding tert-OH is 1. The van der Waals surface area contributed by atoms with Crippen LogP contribution in [0.2, 0.25) is 0 Å². The van der Waals surface area contributed by atoms with E-state index in [1.54, 1.807) is 0 Å². The third-order valence-electron chi connectivity index (χ3n) is 2.69. The van der Waals surface area contributed by atoms with Crippen LogP contribution < -0.4 is 4.90 Å². The number of aromatic nitrogens is 1. The Kier molecular flexibility index (Phi) is 9.29. The fourth-order valence-corrected chi connectivity index (χ4v) is 1.84. The number of nitrogens with zero attached hydrogens (tertiary/aromatic N) is 2. The van der Waals surface area contributed by atoms with Gasteiger partial charge in [-0.15, -0.1) is 0 Å². The van der Waals surface area contributed by atoms with Crippen molar-refractivity contribution in [1.29, 1.82) is 0 Å². The Labute approximate surface area is 112 Å². The Balaban J connectivity index is 0.000000659. The molecule has 1 aliphatic rings. The van der Waals surface area contributed by atoms with Crippen molar-refractivity contribution in [3.05, 3.63) is 24.0 Å². The van der Waals surface area contributed by atoms with Crippen molar-refractivity contribution in [2.45, 2.75) is 53.6 Å². The lowest BCUT2D eigenvalue weighted by Crippen LogP contribution is -2.35. The molecule has 1 fully saturated rings. The van der Waals surface area contributed by atoms with Crippen LogP contribution in [-0.4, -0.2) is 29.3 Å². The van der Waals surface area contributed by atoms with E-state index in [9.17, 15) is 5.11 Å². The average Bonchev–Trinajstić information content (AvgIpc) is 2.44. The standard InChI is InChI=1S/C11H16N2O.2C2H6/c1-9-6-10(8-12-7-9)13-4-2-11(14)3-5-13;2*1-2/h6-8,11,14H,2-5H2,1H3;2*1-2H3. The van der Waals surface area contributed by atoms with E-state index in [4.69, 9.17) is 0 Å². The van der Waals surface area contributed by atoms with Crippen LogP contribution in [0.5, 0.6) is 0 Å². The van der Waals surface area contributed by atoms with Gasteiger partial charge in [0.15, 0.2) is 0 Å². The number of anilines is 1. The number of hydrogen-bond acceptors (Lipinski definition) is 3. The molecule has 0 bridgehead atoms. The second-order valence-electron chi connectivity index (χ2n) is 3.94. The highest BCUT2D eigenvalue weighted by Crippen LogP contribution is 2.19. The third kappa shape index (κ3) is 5.50. The average molecular weight is 252 g/mol. The predicted octanol–water partition coefficient (Wildman–Crippen LogP) is 3.40. The monoisotopic (exact) mass is 252 g/mol. The van der Waals surface area contributed by atoms with Crippen LogP contribution >= 0.6 is 0 Å². The van der Waals surface area contributed by atoms with Gasteiger partial charge in [0.2, 0.25) is 0 Å². The van der Waals surface area contributed by atoms with E-state index in [0.717, 1.165) is 25.9 Å². The van der Waals surface area contributed by atoms with E-state index in [1.165, 1.54) is 11.3 Å². The van der Waals surface area contributed by atoms with Gasteiger partial charge in [0.05, 0.1) is 18.0 Å². The molecule has 0 amide bonds. The summed E-state index contributed by atoms with van der Waals surface area (Å²) in [5.74, 6) is 0. The second-order valence-corrected chi connectivity index (χ2v) is 3.94. The Morgan fingerprint density at radius 3 is 2.17 bits per heavy atom. The van der Waals surface area contributed by atoms with Gasteiger partial charge >= 0.3 is 0 Å². The van der Waals surface area contributed by atoms with Crippen molar-refractivity contribution in [1.82, 2.24) is 4.98 Å². The highest BCUT2D eigenvalue weighted by atomic mass is 16.3. The molecule has 0 saturated carbocycles. The number of aliphatic hydroxyl groups is 1. The molecule has 3 nitrogen and oxygen atoms in total. The summed E-state index contributed by atoms with van der Waals surface area (Å²) in [6.45, 7) is 11.9. The van der Waals surface area contributed by atoms with E-state index in [-0.39, 0.29) is 6.10 Å². The minimum absolute atomic E-state index is 0.107. The van der Waals surface area contributed by atoms with Gasteiger partial charge in [-0.2, -0.15) is 0 Å². The molecule has 104 valence electrons. The maximum atomic E-state index is 9.39. The number of aryl methyl sites for hydroxylation is 1. The number of pyridine rings is 1. The summed E-state index contributed by atoms with van der Waals surface area (Å²) in [5, 5.41) is 9.39. The van der Waals surface area contributed by atoms with Crippen LogP contribution in [0.4, 0.5) is 5.69 Å². The molecule has 0 unspecified atom stereocenters. The Hall–Kier alpha value is -1.09. The molecule has 1 saturated heterocycles. The first-order valence-electron chi connectivity index (χ1n) is 7.10. The van der Waals surface area contributed by atoms with E-state index < -0.39 is 0 Å². The summed E-state index contributed by atoms with van der Waals surface area (Å²) in [4.78, 5) is 6.46. The molecule has 2 rings (SSSR count). The highest BCUT2D eigenvalue weighted by molar-refractivity contribution is 5.46. The molecule has 0 aliphatic carbocycles. The van der Waals surface area contributed by atoms with Crippen LogP contribution in [0.1, 0.15) is 46.1 Å². The predicted molar refractivity (Wildman–Crippen MR) is 79.1 cm³/mol. The largest absolute Gasteiger partial charge is 0.393 e. The molecule has 1 aromatic heterocycles. The van der Waals surface area contributed by atoms with Gasteiger partial charge in [0.25, 0.3) is 0 Å². The fraction of sp³-hybridized carbons (Fsp3) is 0.667. The number of piperidine rings is 1. The van der Waals surface area contributed by atoms with Gasteiger partial charge in [-0.05, 0) is 31.4 Å². The Morgan fingerprint density at radius 2 is 1.67 bits per heavy atom. The lowest BCUT2D eigenvalue weighted by atomic mass is 10.1. The SMILES string of the molecule is CC.CC.Cc1cncc(N2CCC(O)CC2)c1. The van der Waals surface area contributed by atoms with Gasteiger partial charge in [0.1, 0.15) is 0 Å². The van der Waals surface area contributed by atoms with Crippen LogP contribution in [0.3, 0.4) is 0 Å². The second kappa shape index (κ2) is 9.89. The zero-order valence-corrected chi connectivity index (χ0v) is 12.5. The molecule has 1 aromatic rings. The number of hydrogen-bond donors (Lipinski definition) is 1. The molecular formula is C15H28N2O. The Morgan fingerprint density at radius 1 is 1.11 bits per heavy atom. The van der Waals surface area contributed by atoms with Crippen molar-refractivity contribution in [3.63, 3.8) is 0 Å². The molecule has 0 aromatic carbocycles. The molecular weight excluding hydrogens is 224 g/mol. The lowest BCUT2D eigenvalue weighted by molar-refractivity contribution is 0.145. The molecule has 1 aliphatic heterocycles. The molecule has 0 radical (unpaired) electrons. The third-order valence-corrected chi connectivity index (χ3v) is 2.69. The van der Waals surface area contributed by atoms with Crippen LogP contribution in [0.25, 0.3) is 0 Å². The normalized spacial score (nSPS) is 15.1. The summed E-state index contributed by atoms with van der Waals surface area (Å²) in [6, 6.07) is 2.14. The topological polar surface area (TPSA) is 36.4 Å². The quantitative estimate of drug-likeness (QED) is 0.832. The lowest BCUT2D eigenvalue weighted by Gasteiger charge is -2.31. The fourth-order valence-electron chi connectivity index (χ4n) is 1.84. The maximum Gasteiger partial charge on any atom is 0.0574 e. The van der Waals surface area contributed by atoms with Gasteiger partial charge in [-0.1, -0.05) is 27.7 Å². The molecule has 1 N–H and O–H groups in total. The first-order valence-corrected chi connectivity index (χ1v) is 7.10. The minimum Gasteiger partial charge on any atom is -0.393 e. The molecule has 18 heavy (non-hydrogen) atoms. The maximum absolute atomic E-state index is 9.39. The highest BCUT2D eigenvalue weighted by Gasteiger charge is 2.17. The molecule has 3 heteroatoms. The zero-order chi connectivity index (χ0) is 14.0. The summed E-state index contributed by atoms with van der Waals surface area (Å²) in [5.41, 5.74) is 2.37. The summed E-state index contributed by atoms with van der Waals surface area (Å²) < 4.78 is 0. The molecule has 0 spiro atoms. The van der Waals surface area contributed by atoms with Crippen LogP contribution in [-0.2, 0) is 0 Å². The van der Waals surface area contributed by atoms with Gasteiger partial charge in [-0.25, -0.2) is 0 Å². The van der Waals surface area contributed by atoms with Crippen molar-refractivity contribution < 1.29 is 5.11 Å². The molecule has 2 heterocycles. The van der Waals surface area contributed by atoms with Crippen LogP contribution in [0, 0.1) is 6.92 Å². The van der Waals surface area contributed by atoms with Gasteiger partial charge in [-0.3, -0.25) is 4.98 Å². The van der Waals surface area contributed by atoms with Gasteiger partial charge < -0.3 is 10.0 Å². The first-order chi connectivity index (χ1) is 8.75. The zero-order valence-electron chi connectivity index (χ0n) is 12.5. The van der Waals surface area contributed by atoms with Crippen LogP contribution in [0.15, 0.2) is 18.5 Å². The van der Waals surface area contributed by atoms with E-state index in [1.807, 2.05) is 40.1 Å². The number of rotatable bonds is 1. The van der Waals surface area contributed by atoms with E-state index in [0.29, 0.717) is 0 Å². The smallest absolute Gasteiger partial charge is 0.0574 e. The van der Waals surface area contributed by atoms with E-state index in [2.05, 4.69) is 22.9 Å². The summed E-state index contributed by atoms with van der Waals surface area (Å²) >= 11 is 0. The first kappa shape index (κ1) is 16.9. The van der Waals surface area contributed by atoms with Crippen molar-refractivity contribution in [2.75, 3.05) is 18.0 Å². The van der Waals surface area contributed by atoms with Crippen molar-refractivity contribution >= 4 is 5.69 Å². The van der Waals surface area contributed by atoms with E-state index >= 15 is 0 Å². The summed E-state index contributed by atoms with van der Waals surface area (Å²) in [6.07, 6.45) is 5.39. The van der Waals surface area contributed by atoms with Gasteiger partial charge in [0, 0.05) is 19.3 Å². The minimum atomic E-state index is -0.107. The Bertz CT molecular complexity index is 307. The summed E-state index contributed by atoms with van der Waals surface area (Å²) in [7, 11) is 0. The van der Waals surface area contributed by atoms with Crippen molar-refractivity contribution in [2.24, 2.45) is 0 Å². The van der Waals surface area contributed by atoms with Crippen molar-refractivity contribution in [3.8, 4) is 0 Å².